The minimum atomic E-state index is -0.494. The van der Waals surface area contributed by atoms with Crippen LogP contribution in [0, 0.1) is 5.82 Å². The smallest absolute Gasteiger partial charge is 0.343 e. The Kier molecular flexibility index (Phi) is 5.80. The summed E-state index contributed by atoms with van der Waals surface area (Å²) in [6.07, 6.45) is 4.95. The molecule has 3 heterocycles. The lowest BCUT2D eigenvalue weighted by atomic mass is 10.0. The van der Waals surface area contributed by atoms with E-state index in [1.165, 1.54) is 30.0 Å². The van der Waals surface area contributed by atoms with Crippen LogP contribution in [0.15, 0.2) is 36.7 Å². The van der Waals surface area contributed by atoms with E-state index in [0.717, 1.165) is 24.9 Å². The van der Waals surface area contributed by atoms with E-state index in [-0.39, 0.29) is 11.9 Å². The van der Waals surface area contributed by atoms with Gasteiger partial charge in [-0.3, -0.25) is 0 Å². The van der Waals surface area contributed by atoms with E-state index in [9.17, 15) is 9.18 Å². The van der Waals surface area contributed by atoms with Gasteiger partial charge >= 0.3 is 5.97 Å². The van der Waals surface area contributed by atoms with Crippen LogP contribution < -0.4 is 9.64 Å². The topological polar surface area (TPSA) is 78.2 Å². The van der Waals surface area contributed by atoms with E-state index < -0.39 is 5.97 Å². The van der Waals surface area contributed by atoms with E-state index >= 15 is 0 Å². The number of benzene rings is 1. The SMILES string of the molecule is COCCOc1ccc(F)cc1C1CCCN1c1ccn2ncc(C(=O)OC)c2n1. The van der Waals surface area contributed by atoms with Gasteiger partial charge in [0, 0.05) is 25.4 Å². The molecule has 0 amide bonds. The standard InChI is InChI=1S/C21H23FN4O4/c1-28-10-11-30-18-6-5-14(22)12-15(18)17-4-3-8-25(17)19-7-9-26-20(24-19)16(13-23-26)21(27)29-2/h5-7,9,12-13,17H,3-4,8,10-11H2,1-2H3. The molecule has 0 aliphatic carbocycles. The van der Waals surface area contributed by atoms with E-state index in [0.29, 0.717) is 36.0 Å². The number of methoxy groups -OCH3 is 2. The summed E-state index contributed by atoms with van der Waals surface area (Å²) in [4.78, 5) is 18.8. The average Bonchev–Trinajstić information content (AvgIpc) is 3.41. The predicted molar refractivity (Wildman–Crippen MR) is 107 cm³/mol. The third-order valence-corrected chi connectivity index (χ3v) is 5.18. The van der Waals surface area contributed by atoms with E-state index in [4.69, 9.17) is 14.2 Å². The fourth-order valence-corrected chi connectivity index (χ4v) is 3.78. The number of aromatic nitrogens is 3. The second-order valence-electron chi connectivity index (χ2n) is 6.98. The molecule has 1 atom stereocenters. The molecule has 0 saturated carbocycles. The summed E-state index contributed by atoms with van der Waals surface area (Å²) < 4.78 is 31.3. The van der Waals surface area contributed by atoms with E-state index in [1.54, 1.807) is 19.4 Å². The van der Waals surface area contributed by atoms with Crippen molar-refractivity contribution in [3.8, 4) is 5.75 Å². The summed E-state index contributed by atoms with van der Waals surface area (Å²) in [6.45, 7) is 1.58. The van der Waals surface area contributed by atoms with Crippen molar-refractivity contribution in [1.29, 1.82) is 0 Å². The van der Waals surface area contributed by atoms with Gasteiger partial charge in [-0.25, -0.2) is 18.7 Å². The highest BCUT2D eigenvalue weighted by molar-refractivity contribution is 5.95. The predicted octanol–water partition coefficient (Wildman–Crippen LogP) is 3.02. The van der Waals surface area contributed by atoms with Crippen molar-refractivity contribution in [2.75, 3.05) is 38.9 Å². The van der Waals surface area contributed by atoms with Crippen LogP contribution in [0.2, 0.25) is 0 Å². The molecule has 1 saturated heterocycles. The van der Waals surface area contributed by atoms with Crippen molar-refractivity contribution >= 4 is 17.4 Å². The number of carbonyl (C=O) groups excluding carboxylic acids is 1. The Balaban J connectivity index is 1.69. The minimum Gasteiger partial charge on any atom is -0.491 e. The van der Waals surface area contributed by atoms with Gasteiger partial charge in [-0.2, -0.15) is 5.10 Å². The number of anilines is 1. The number of ether oxygens (including phenoxy) is 3. The molecule has 158 valence electrons. The van der Waals surface area contributed by atoms with Gasteiger partial charge in [0.15, 0.2) is 5.65 Å². The van der Waals surface area contributed by atoms with Crippen molar-refractivity contribution in [3.05, 3.63) is 53.6 Å². The Hall–Kier alpha value is -3.20. The maximum atomic E-state index is 14.1. The van der Waals surface area contributed by atoms with Crippen molar-refractivity contribution in [3.63, 3.8) is 0 Å². The number of carbonyl (C=O) groups is 1. The first-order valence-electron chi connectivity index (χ1n) is 9.73. The van der Waals surface area contributed by atoms with Crippen LogP contribution in [0.4, 0.5) is 10.2 Å². The molecule has 1 aromatic carbocycles. The molecule has 8 nitrogen and oxygen atoms in total. The third-order valence-electron chi connectivity index (χ3n) is 5.18. The highest BCUT2D eigenvalue weighted by Gasteiger charge is 2.30. The molecule has 0 spiro atoms. The number of hydrogen-bond donors (Lipinski definition) is 0. The average molecular weight is 414 g/mol. The van der Waals surface area contributed by atoms with Crippen LogP contribution in [-0.4, -0.2) is 54.5 Å². The monoisotopic (exact) mass is 414 g/mol. The largest absolute Gasteiger partial charge is 0.491 e. The van der Waals surface area contributed by atoms with Crippen molar-refractivity contribution in [2.24, 2.45) is 0 Å². The first kappa shape index (κ1) is 20.1. The van der Waals surface area contributed by atoms with Gasteiger partial charge in [0.2, 0.25) is 0 Å². The Morgan fingerprint density at radius 3 is 2.93 bits per heavy atom. The van der Waals surface area contributed by atoms with Gasteiger partial charge in [0.1, 0.15) is 29.6 Å². The number of nitrogens with zero attached hydrogens (tertiary/aromatic N) is 4. The van der Waals surface area contributed by atoms with Crippen LogP contribution in [0.25, 0.3) is 5.65 Å². The zero-order chi connectivity index (χ0) is 21.1. The van der Waals surface area contributed by atoms with Gasteiger partial charge in [0.25, 0.3) is 0 Å². The molecule has 2 aromatic heterocycles. The Morgan fingerprint density at radius 2 is 2.13 bits per heavy atom. The van der Waals surface area contributed by atoms with Crippen LogP contribution in [0.5, 0.6) is 5.75 Å². The van der Waals surface area contributed by atoms with Crippen molar-refractivity contribution in [1.82, 2.24) is 14.6 Å². The summed E-state index contributed by atoms with van der Waals surface area (Å²) in [5.41, 5.74) is 1.48. The molecule has 1 aliphatic rings. The number of hydrogen-bond acceptors (Lipinski definition) is 7. The number of rotatable bonds is 7. The van der Waals surface area contributed by atoms with E-state index in [2.05, 4.69) is 15.0 Å². The van der Waals surface area contributed by atoms with Gasteiger partial charge in [-0.15, -0.1) is 0 Å². The highest BCUT2D eigenvalue weighted by atomic mass is 19.1. The van der Waals surface area contributed by atoms with Gasteiger partial charge in [-0.05, 0) is 37.1 Å². The molecule has 0 radical (unpaired) electrons. The Morgan fingerprint density at radius 1 is 1.27 bits per heavy atom. The van der Waals surface area contributed by atoms with Crippen molar-refractivity contribution < 1.29 is 23.4 Å². The molecule has 4 rings (SSSR count). The zero-order valence-corrected chi connectivity index (χ0v) is 16.9. The first-order chi connectivity index (χ1) is 14.6. The van der Waals surface area contributed by atoms with Gasteiger partial charge in [-0.1, -0.05) is 0 Å². The van der Waals surface area contributed by atoms with Crippen LogP contribution in [0.1, 0.15) is 34.8 Å². The quantitative estimate of drug-likeness (QED) is 0.434. The van der Waals surface area contributed by atoms with E-state index in [1.807, 2.05) is 6.07 Å². The third kappa shape index (κ3) is 3.80. The number of halogens is 1. The maximum Gasteiger partial charge on any atom is 0.343 e. The summed E-state index contributed by atoms with van der Waals surface area (Å²) in [5, 5.41) is 4.15. The molecule has 9 heteroatoms. The molecule has 3 aromatic rings. The molecule has 1 aliphatic heterocycles. The lowest BCUT2D eigenvalue weighted by molar-refractivity contribution is 0.0602. The number of esters is 1. The molecule has 1 unspecified atom stereocenters. The molecule has 30 heavy (non-hydrogen) atoms. The zero-order valence-electron chi connectivity index (χ0n) is 16.9. The molecule has 0 N–H and O–H groups in total. The first-order valence-corrected chi connectivity index (χ1v) is 9.73. The molecule has 1 fully saturated rings. The van der Waals surface area contributed by atoms with Crippen molar-refractivity contribution in [2.45, 2.75) is 18.9 Å². The summed E-state index contributed by atoms with van der Waals surface area (Å²) >= 11 is 0. The fourth-order valence-electron chi connectivity index (χ4n) is 3.78. The van der Waals surface area contributed by atoms with Crippen LogP contribution >= 0.6 is 0 Å². The normalized spacial score (nSPS) is 16.2. The molecule has 0 bridgehead atoms. The van der Waals surface area contributed by atoms with Crippen LogP contribution in [0.3, 0.4) is 0 Å². The molecular weight excluding hydrogens is 391 g/mol. The minimum absolute atomic E-state index is 0.0994. The second-order valence-corrected chi connectivity index (χ2v) is 6.98. The lowest BCUT2D eigenvalue weighted by Crippen LogP contribution is -2.24. The fraction of sp³-hybridized carbons (Fsp3) is 0.381. The van der Waals surface area contributed by atoms with Crippen LogP contribution in [-0.2, 0) is 9.47 Å². The summed E-state index contributed by atoms with van der Waals surface area (Å²) in [5.74, 6) is 0.503. The van der Waals surface area contributed by atoms with Gasteiger partial charge < -0.3 is 19.1 Å². The summed E-state index contributed by atoms with van der Waals surface area (Å²) in [6, 6.07) is 6.30. The number of fused-ring (bicyclic) bond motifs is 1. The summed E-state index contributed by atoms with van der Waals surface area (Å²) in [7, 11) is 2.93. The maximum absolute atomic E-state index is 14.1. The second kappa shape index (κ2) is 8.66. The Labute approximate surface area is 173 Å². The van der Waals surface area contributed by atoms with Gasteiger partial charge in [0.05, 0.1) is 26.0 Å². The lowest BCUT2D eigenvalue weighted by Gasteiger charge is -2.27. The highest BCUT2D eigenvalue weighted by Crippen LogP contribution is 2.39. The Bertz CT molecular complexity index is 1050. The molecular formula is C21H23FN4O4.